The average Bonchev–Trinajstić information content (AvgIpc) is 3.37. The highest BCUT2D eigenvalue weighted by molar-refractivity contribution is 7.92. The number of benzene rings is 6. The Morgan fingerprint density at radius 1 is 0.458 bits per heavy atom. The van der Waals surface area contributed by atoms with Gasteiger partial charge < -0.3 is 9.80 Å². The third-order valence-corrected chi connectivity index (χ3v) is 16.8. The van der Waals surface area contributed by atoms with Crippen LogP contribution in [0.25, 0.3) is 11.1 Å². The van der Waals surface area contributed by atoms with Crippen LogP contribution in [0.3, 0.4) is 0 Å². The summed E-state index contributed by atoms with van der Waals surface area (Å²) in [5, 5.41) is 5.28. The monoisotopic (exact) mass is 653 g/mol. The normalized spacial score (nSPS) is 15.5. The number of hydrogen-bond donors (Lipinski definition) is 0. The predicted octanol–water partition coefficient (Wildman–Crippen LogP) is 6.84. The first-order valence-electron chi connectivity index (χ1n) is 16.0. The lowest BCUT2D eigenvalue weighted by Crippen LogP contribution is -2.79. The summed E-state index contributed by atoms with van der Waals surface area (Å²) < 4.78 is 26.9. The predicted molar refractivity (Wildman–Crippen MR) is 195 cm³/mol. The molecule has 0 aliphatic carbocycles. The number of pyridine rings is 1. The maximum atomic E-state index is 13.5. The molecule has 0 N–H and O–H groups in total. The highest BCUT2D eigenvalue weighted by atomic mass is 32.2. The van der Waals surface area contributed by atoms with Crippen LogP contribution in [0.1, 0.15) is 0 Å². The summed E-state index contributed by atoms with van der Waals surface area (Å²) in [6.07, 6.45) is 3.12. The minimum absolute atomic E-state index is 0.265. The highest BCUT2D eigenvalue weighted by Gasteiger charge is 2.53. The molecule has 4 heterocycles. The van der Waals surface area contributed by atoms with Gasteiger partial charge in [-0.05, 0) is 81.4 Å². The molecule has 7 heteroatoms. The SMILES string of the molecule is O=S1(=O)c2ccc(N3c4ccccc4[Si]4(c5ccccc5N(c5ccccc5)c5ccccc54)c4ccccc43)cc2-c2ccncc21. The van der Waals surface area contributed by atoms with Crippen LogP contribution in [0.5, 0.6) is 0 Å². The largest absolute Gasteiger partial charge is 0.311 e. The van der Waals surface area contributed by atoms with Gasteiger partial charge in [-0.25, -0.2) is 8.42 Å². The fourth-order valence-electron chi connectivity index (χ4n) is 8.24. The molecule has 5 nitrogen and oxygen atoms in total. The van der Waals surface area contributed by atoms with E-state index in [1.54, 1.807) is 18.3 Å². The lowest BCUT2D eigenvalue weighted by atomic mass is 10.1. The standard InChI is InChI=1S/C41H27N3O2SSi/c45-47(46)36-23-22-29(26-31(36)30-24-25-42-27-37(30)47)44-34-16-6-10-20-40(34)48(41-21-11-7-17-35(41)44)38-18-8-4-14-32(38)43(28-12-2-1-3-13-28)33-15-5-9-19-39(33)48/h1-27H. The first-order valence-corrected chi connectivity index (χ1v) is 19.5. The minimum Gasteiger partial charge on any atom is -0.311 e. The highest BCUT2D eigenvalue weighted by Crippen LogP contribution is 2.48. The number of para-hydroxylation sites is 5. The van der Waals surface area contributed by atoms with Gasteiger partial charge in [-0.1, -0.05) is 91.0 Å². The molecule has 3 aliphatic rings. The number of rotatable bonds is 2. The summed E-state index contributed by atoms with van der Waals surface area (Å²) in [6.45, 7) is 0. The van der Waals surface area contributed by atoms with Gasteiger partial charge in [0.25, 0.3) is 0 Å². The molecule has 0 unspecified atom stereocenters. The van der Waals surface area contributed by atoms with Gasteiger partial charge in [0.2, 0.25) is 9.84 Å². The van der Waals surface area contributed by atoms with Crippen molar-refractivity contribution in [1.29, 1.82) is 0 Å². The second-order valence-corrected chi connectivity index (χ2v) is 17.9. The lowest BCUT2D eigenvalue weighted by Gasteiger charge is -2.50. The first-order chi connectivity index (χ1) is 23.6. The molecule has 0 radical (unpaired) electrons. The van der Waals surface area contributed by atoms with Gasteiger partial charge in [0.05, 0.1) is 9.79 Å². The number of aromatic nitrogens is 1. The quantitative estimate of drug-likeness (QED) is 0.191. The summed E-state index contributed by atoms with van der Waals surface area (Å²) in [5.74, 6) is 0. The summed E-state index contributed by atoms with van der Waals surface area (Å²) in [4.78, 5) is 9.46. The van der Waals surface area contributed by atoms with Crippen LogP contribution in [0.15, 0.2) is 174 Å². The van der Waals surface area contributed by atoms with Gasteiger partial charge in [-0.3, -0.25) is 4.98 Å². The van der Waals surface area contributed by atoms with Gasteiger partial charge in [-0.15, -0.1) is 0 Å². The minimum atomic E-state index is -3.63. The van der Waals surface area contributed by atoms with Gasteiger partial charge in [0.1, 0.15) is 0 Å². The Hall–Kier alpha value is -5.76. The van der Waals surface area contributed by atoms with Crippen LogP contribution < -0.4 is 30.5 Å². The van der Waals surface area contributed by atoms with Crippen LogP contribution in [0.4, 0.5) is 34.1 Å². The van der Waals surface area contributed by atoms with E-state index in [1.165, 1.54) is 38.3 Å². The Morgan fingerprint density at radius 2 is 0.938 bits per heavy atom. The van der Waals surface area contributed by atoms with E-state index in [0.717, 1.165) is 22.7 Å². The number of anilines is 6. The van der Waals surface area contributed by atoms with Crippen molar-refractivity contribution >= 4 is 72.8 Å². The Labute approximate surface area is 280 Å². The van der Waals surface area contributed by atoms with Crippen LogP contribution in [0.2, 0.25) is 0 Å². The molecule has 0 amide bonds. The zero-order valence-electron chi connectivity index (χ0n) is 25.7. The van der Waals surface area contributed by atoms with Crippen LogP contribution in [0, 0.1) is 0 Å². The molecule has 0 fully saturated rings. The number of sulfone groups is 1. The van der Waals surface area contributed by atoms with Crippen LogP contribution >= 0.6 is 0 Å². The number of hydrogen-bond acceptors (Lipinski definition) is 5. The molecular formula is C41H27N3O2SSi. The lowest BCUT2D eigenvalue weighted by molar-refractivity contribution is 0.598. The Morgan fingerprint density at radius 3 is 1.48 bits per heavy atom. The third kappa shape index (κ3) is 3.44. The topological polar surface area (TPSA) is 53.5 Å². The van der Waals surface area contributed by atoms with Crippen molar-refractivity contribution in [3.63, 3.8) is 0 Å². The van der Waals surface area contributed by atoms with Gasteiger partial charge in [0, 0.05) is 57.6 Å². The first kappa shape index (κ1) is 27.4. The molecule has 0 saturated carbocycles. The summed E-state index contributed by atoms with van der Waals surface area (Å²) in [7, 11) is -6.52. The van der Waals surface area contributed by atoms with E-state index in [9.17, 15) is 8.42 Å². The molecule has 0 saturated heterocycles. The molecule has 0 atom stereocenters. The molecule has 3 aliphatic heterocycles. The van der Waals surface area contributed by atoms with E-state index < -0.39 is 17.9 Å². The molecular weight excluding hydrogens is 627 g/mol. The van der Waals surface area contributed by atoms with Crippen molar-refractivity contribution in [2.75, 3.05) is 9.80 Å². The van der Waals surface area contributed by atoms with E-state index >= 15 is 0 Å². The maximum Gasteiger partial charge on any atom is 0.209 e. The molecule has 7 aromatic rings. The second kappa shape index (κ2) is 9.87. The molecule has 1 aromatic heterocycles. The van der Waals surface area contributed by atoms with Gasteiger partial charge >= 0.3 is 0 Å². The zero-order chi connectivity index (χ0) is 32.0. The van der Waals surface area contributed by atoms with E-state index in [4.69, 9.17) is 0 Å². The third-order valence-electron chi connectivity index (χ3n) is 10.1. The van der Waals surface area contributed by atoms with Crippen LogP contribution in [-0.2, 0) is 9.84 Å². The van der Waals surface area contributed by atoms with Crippen molar-refractivity contribution in [1.82, 2.24) is 4.98 Å². The Balaban J connectivity index is 1.28. The molecule has 6 aromatic carbocycles. The summed E-state index contributed by atoms with van der Waals surface area (Å²) in [6, 6.07) is 53.6. The summed E-state index contributed by atoms with van der Waals surface area (Å²) >= 11 is 0. The molecule has 0 bridgehead atoms. The van der Waals surface area contributed by atoms with Crippen molar-refractivity contribution in [3.8, 4) is 11.1 Å². The van der Waals surface area contributed by atoms with Gasteiger partial charge in [0.15, 0.2) is 8.07 Å². The van der Waals surface area contributed by atoms with E-state index in [1.807, 2.05) is 12.1 Å². The van der Waals surface area contributed by atoms with Crippen molar-refractivity contribution < 1.29 is 8.42 Å². The van der Waals surface area contributed by atoms with Crippen molar-refractivity contribution in [3.05, 3.63) is 164 Å². The van der Waals surface area contributed by atoms with Crippen LogP contribution in [-0.4, -0.2) is 21.5 Å². The van der Waals surface area contributed by atoms with E-state index in [-0.39, 0.29) is 4.90 Å². The average molecular weight is 654 g/mol. The zero-order valence-corrected chi connectivity index (χ0v) is 27.5. The molecule has 1 spiro atoms. The summed E-state index contributed by atoms with van der Waals surface area (Å²) in [5.41, 5.74) is 8.06. The van der Waals surface area contributed by atoms with E-state index in [2.05, 4.69) is 142 Å². The smallest absolute Gasteiger partial charge is 0.209 e. The Bertz CT molecular complexity index is 2470. The fraction of sp³-hybridized carbons (Fsp3) is 0. The molecule has 10 rings (SSSR count). The molecule has 228 valence electrons. The maximum absolute atomic E-state index is 13.5. The van der Waals surface area contributed by atoms with E-state index in [0.29, 0.717) is 16.0 Å². The molecule has 48 heavy (non-hydrogen) atoms. The van der Waals surface area contributed by atoms with Crippen molar-refractivity contribution in [2.24, 2.45) is 0 Å². The number of nitrogens with zero attached hydrogens (tertiary/aromatic N) is 3. The second-order valence-electron chi connectivity index (χ2n) is 12.4. The fourth-order valence-corrected chi connectivity index (χ4v) is 15.3. The number of fused-ring (bicyclic) bond motifs is 11. The van der Waals surface area contributed by atoms with Gasteiger partial charge in [-0.2, -0.15) is 0 Å². The Kier molecular flexibility index (Phi) is 5.63. The van der Waals surface area contributed by atoms with Crippen molar-refractivity contribution in [2.45, 2.75) is 9.79 Å².